The summed E-state index contributed by atoms with van der Waals surface area (Å²) >= 11 is 1.84. The molecule has 3 heterocycles. The predicted molar refractivity (Wildman–Crippen MR) is 260 cm³/mol. The van der Waals surface area contributed by atoms with Crippen LogP contribution in [0.1, 0.15) is 0 Å². The fourth-order valence-electron chi connectivity index (χ4n) is 8.82. The van der Waals surface area contributed by atoms with Gasteiger partial charge in [0.25, 0.3) is 0 Å². The molecule has 5 heteroatoms. The van der Waals surface area contributed by atoms with Crippen LogP contribution in [0, 0.1) is 0 Å². The number of rotatable bonds is 7. The summed E-state index contributed by atoms with van der Waals surface area (Å²) in [6, 6.07) is 77.5. The van der Waals surface area contributed by atoms with Crippen molar-refractivity contribution in [3.05, 3.63) is 218 Å². The van der Waals surface area contributed by atoms with Gasteiger partial charge in [-0.1, -0.05) is 176 Å². The van der Waals surface area contributed by atoms with Gasteiger partial charge in [-0.25, -0.2) is 15.0 Å². The van der Waals surface area contributed by atoms with Gasteiger partial charge in [0, 0.05) is 47.6 Å². The molecule has 0 amide bonds. The predicted octanol–water partition coefficient (Wildman–Crippen LogP) is 15.3. The Hall–Kier alpha value is -7.99. The fraction of sp³-hybridized carbons (Fsp3) is 0. The topological polar surface area (TPSA) is 43.6 Å². The maximum Gasteiger partial charge on any atom is 0.166 e. The third-order valence-corrected chi connectivity index (χ3v) is 13.0. The Balaban J connectivity index is 1.04. The van der Waals surface area contributed by atoms with Gasteiger partial charge >= 0.3 is 0 Å². The zero-order valence-corrected chi connectivity index (χ0v) is 34.3. The number of benzene rings is 9. The molecule has 0 spiro atoms. The molecule has 290 valence electrons. The van der Waals surface area contributed by atoms with Crippen LogP contribution in [0.25, 0.3) is 115 Å². The molecule has 0 aliphatic rings. The van der Waals surface area contributed by atoms with E-state index in [9.17, 15) is 0 Å². The molecular formula is C57H36N4S. The van der Waals surface area contributed by atoms with Gasteiger partial charge in [-0.05, 0) is 75.8 Å². The average Bonchev–Trinajstić information content (AvgIpc) is 3.89. The molecule has 0 saturated heterocycles. The van der Waals surface area contributed by atoms with Crippen LogP contribution in [0.4, 0.5) is 0 Å². The largest absolute Gasteiger partial charge is 0.308 e. The Kier molecular flexibility index (Phi) is 8.65. The first-order valence-corrected chi connectivity index (χ1v) is 21.7. The summed E-state index contributed by atoms with van der Waals surface area (Å²) in [6.45, 7) is 0. The Labute approximate surface area is 362 Å². The Morgan fingerprint density at radius 2 is 0.758 bits per heavy atom. The Bertz CT molecular complexity index is 3610. The standard InChI is InChI=1S/C57H36N4S/c1-4-14-37(15-5-1)42-30-33-51-49(34-42)45-20-10-12-22-50(45)61(51)52-35-43(38-16-6-2-7-17-38)29-32-48(52)57-59-55(40-18-8-3-9-19-40)58-56(60-57)41-26-24-39(25-27-41)44-28-31-47-46-21-11-13-23-53(46)62-54(47)36-44/h1-36H. The SMILES string of the molecule is c1ccc(-c2ccc(-c3nc(-c4ccccc4)nc(-c4ccc(-c5ccc6c(c5)sc5ccccc56)cc4)n3)c(-n3c4ccccc4c4cc(-c5ccccc5)ccc43)c2)cc1. The Morgan fingerprint density at radius 3 is 1.48 bits per heavy atom. The van der Waals surface area contributed by atoms with Crippen molar-refractivity contribution in [2.75, 3.05) is 0 Å². The van der Waals surface area contributed by atoms with Crippen molar-refractivity contribution >= 4 is 53.3 Å². The van der Waals surface area contributed by atoms with Crippen molar-refractivity contribution < 1.29 is 0 Å². The smallest absolute Gasteiger partial charge is 0.166 e. The van der Waals surface area contributed by atoms with Gasteiger partial charge in [0.1, 0.15) is 0 Å². The molecule has 0 bridgehead atoms. The van der Waals surface area contributed by atoms with Crippen LogP contribution < -0.4 is 0 Å². The van der Waals surface area contributed by atoms with Gasteiger partial charge in [0.2, 0.25) is 0 Å². The van der Waals surface area contributed by atoms with Crippen molar-refractivity contribution in [1.29, 1.82) is 0 Å². The number of aromatic nitrogens is 4. The van der Waals surface area contributed by atoms with Crippen molar-refractivity contribution in [1.82, 2.24) is 19.5 Å². The van der Waals surface area contributed by atoms with Crippen LogP contribution in [0.2, 0.25) is 0 Å². The molecule has 62 heavy (non-hydrogen) atoms. The van der Waals surface area contributed by atoms with E-state index in [-0.39, 0.29) is 0 Å². The van der Waals surface area contributed by atoms with E-state index >= 15 is 0 Å². The zero-order chi connectivity index (χ0) is 41.0. The van der Waals surface area contributed by atoms with Gasteiger partial charge in [-0.3, -0.25) is 0 Å². The number of nitrogens with zero attached hydrogens (tertiary/aromatic N) is 4. The molecule has 9 aromatic carbocycles. The average molecular weight is 809 g/mol. The summed E-state index contributed by atoms with van der Waals surface area (Å²) in [5.41, 5.74) is 12.9. The molecule has 3 aromatic heterocycles. The number of hydrogen-bond donors (Lipinski definition) is 0. The first kappa shape index (κ1) is 35.9. The summed E-state index contributed by atoms with van der Waals surface area (Å²) in [4.78, 5) is 15.7. The van der Waals surface area contributed by atoms with Crippen LogP contribution in [0.15, 0.2) is 218 Å². The number of hydrogen-bond acceptors (Lipinski definition) is 4. The van der Waals surface area contributed by atoms with Crippen molar-refractivity contribution in [3.63, 3.8) is 0 Å². The van der Waals surface area contributed by atoms with Gasteiger partial charge in [-0.2, -0.15) is 0 Å². The highest BCUT2D eigenvalue weighted by Crippen LogP contribution is 2.40. The quantitative estimate of drug-likeness (QED) is 0.161. The molecule has 0 radical (unpaired) electrons. The second-order valence-electron chi connectivity index (χ2n) is 15.6. The monoisotopic (exact) mass is 808 g/mol. The molecule has 4 nitrogen and oxygen atoms in total. The molecule has 0 saturated carbocycles. The third kappa shape index (κ3) is 6.26. The molecule has 0 fully saturated rings. The van der Waals surface area contributed by atoms with Crippen LogP contribution in [0.3, 0.4) is 0 Å². The summed E-state index contributed by atoms with van der Waals surface area (Å²) in [7, 11) is 0. The molecule has 12 aromatic rings. The first-order valence-electron chi connectivity index (χ1n) is 20.8. The second kappa shape index (κ2) is 14.9. The lowest BCUT2D eigenvalue weighted by Gasteiger charge is -2.16. The highest BCUT2D eigenvalue weighted by atomic mass is 32.1. The van der Waals surface area contributed by atoms with Gasteiger partial charge in [0.15, 0.2) is 17.5 Å². The lowest BCUT2D eigenvalue weighted by molar-refractivity contribution is 1.06. The first-order chi connectivity index (χ1) is 30.7. The summed E-state index contributed by atoms with van der Waals surface area (Å²) in [5, 5.41) is 4.98. The normalized spacial score (nSPS) is 11.5. The van der Waals surface area contributed by atoms with E-state index in [0.29, 0.717) is 17.5 Å². The molecule has 12 rings (SSSR count). The minimum atomic E-state index is 0.606. The van der Waals surface area contributed by atoms with Crippen molar-refractivity contribution in [2.45, 2.75) is 0 Å². The van der Waals surface area contributed by atoms with Gasteiger partial charge in [-0.15, -0.1) is 11.3 Å². The minimum Gasteiger partial charge on any atom is -0.308 e. The molecule has 0 unspecified atom stereocenters. The van der Waals surface area contributed by atoms with E-state index in [1.807, 2.05) is 29.5 Å². The maximum atomic E-state index is 5.32. The van der Waals surface area contributed by atoms with Crippen LogP contribution in [-0.4, -0.2) is 19.5 Å². The van der Waals surface area contributed by atoms with E-state index in [4.69, 9.17) is 15.0 Å². The van der Waals surface area contributed by atoms with E-state index in [0.717, 1.165) is 50.1 Å². The molecule has 0 N–H and O–H groups in total. The van der Waals surface area contributed by atoms with E-state index in [1.54, 1.807) is 0 Å². The van der Waals surface area contributed by atoms with Crippen LogP contribution >= 0.6 is 11.3 Å². The van der Waals surface area contributed by atoms with Gasteiger partial charge < -0.3 is 4.57 Å². The molecule has 0 atom stereocenters. The molecular weight excluding hydrogens is 773 g/mol. The van der Waals surface area contributed by atoms with Crippen molar-refractivity contribution in [3.8, 4) is 73.2 Å². The highest BCUT2D eigenvalue weighted by molar-refractivity contribution is 7.25. The lowest BCUT2D eigenvalue weighted by atomic mass is 10.0. The van der Waals surface area contributed by atoms with Crippen LogP contribution in [0.5, 0.6) is 0 Å². The van der Waals surface area contributed by atoms with E-state index in [1.165, 1.54) is 47.6 Å². The van der Waals surface area contributed by atoms with E-state index < -0.39 is 0 Å². The zero-order valence-electron chi connectivity index (χ0n) is 33.5. The summed E-state index contributed by atoms with van der Waals surface area (Å²) in [5.74, 6) is 1.85. The lowest BCUT2D eigenvalue weighted by Crippen LogP contribution is -2.04. The second-order valence-corrected chi connectivity index (χ2v) is 16.7. The highest BCUT2D eigenvalue weighted by Gasteiger charge is 2.21. The number of para-hydroxylation sites is 1. The number of fused-ring (bicyclic) bond motifs is 6. The minimum absolute atomic E-state index is 0.606. The van der Waals surface area contributed by atoms with Crippen molar-refractivity contribution in [2.24, 2.45) is 0 Å². The Morgan fingerprint density at radius 1 is 0.290 bits per heavy atom. The van der Waals surface area contributed by atoms with Crippen LogP contribution in [-0.2, 0) is 0 Å². The molecule has 0 aliphatic carbocycles. The summed E-state index contributed by atoms with van der Waals surface area (Å²) in [6.07, 6.45) is 0. The fourth-order valence-corrected chi connectivity index (χ4v) is 9.96. The maximum absolute atomic E-state index is 5.32. The van der Waals surface area contributed by atoms with Gasteiger partial charge in [0.05, 0.1) is 16.7 Å². The molecule has 0 aliphatic heterocycles. The number of thiophene rings is 1. The van der Waals surface area contributed by atoms with E-state index in [2.05, 4.69) is 205 Å². The summed E-state index contributed by atoms with van der Waals surface area (Å²) < 4.78 is 4.98. The third-order valence-electron chi connectivity index (χ3n) is 11.9.